The van der Waals surface area contributed by atoms with Gasteiger partial charge in [-0.3, -0.25) is 10.1 Å². The molecule has 42 heavy (non-hydrogen) atoms. The zero-order valence-electron chi connectivity index (χ0n) is 23.1. The van der Waals surface area contributed by atoms with Crippen LogP contribution in [-0.2, 0) is 15.1 Å². The van der Waals surface area contributed by atoms with E-state index in [4.69, 9.17) is 22.1 Å². The molecule has 2 heterocycles. The van der Waals surface area contributed by atoms with Crippen LogP contribution >= 0.6 is 11.6 Å². The number of pyridine rings is 1. The molecule has 3 amide bonds. The van der Waals surface area contributed by atoms with Crippen molar-refractivity contribution in [3.63, 3.8) is 0 Å². The first kappa shape index (κ1) is 29.5. The summed E-state index contributed by atoms with van der Waals surface area (Å²) in [5, 5.41) is 15.2. The number of carbonyl (C=O) groups excluding carboxylic acids is 2. The first-order valence-corrected chi connectivity index (χ1v) is 14.2. The van der Waals surface area contributed by atoms with Crippen molar-refractivity contribution in [3.05, 3.63) is 88.3 Å². The SMILES string of the molecule is COC1CC(C(=O)Nc2cc(C(N)(CCC3CC3)c3cccc(C#N)c3)ccc2F)N(C(=O)Nc2ccc(Cl)cn2)C1. The maximum absolute atomic E-state index is 15.1. The van der Waals surface area contributed by atoms with Crippen molar-refractivity contribution < 1.29 is 18.7 Å². The third kappa shape index (κ3) is 6.54. The number of aromatic nitrogens is 1. The fourth-order valence-electron chi connectivity index (χ4n) is 5.35. The van der Waals surface area contributed by atoms with Crippen molar-refractivity contribution in [1.82, 2.24) is 9.88 Å². The number of halogens is 2. The standard InChI is InChI=1S/C31H32ClFN6O3/c1-42-24-15-27(39(18-24)30(41)38-28-10-8-23(32)17-36-28)29(40)37-26-14-22(7-9-25(26)33)31(35,12-11-19-5-6-19)21-4-2-3-20(13-21)16-34/h2-4,7-10,13-14,17,19,24,27H,5-6,11-12,15,18,35H2,1H3,(H,37,40)(H,36,38,41). The molecule has 2 fully saturated rings. The van der Waals surface area contributed by atoms with Crippen LogP contribution in [0.15, 0.2) is 60.8 Å². The van der Waals surface area contributed by atoms with E-state index >= 15 is 4.39 Å². The summed E-state index contributed by atoms with van der Waals surface area (Å²) in [5.74, 6) is -0.320. The quantitative estimate of drug-likeness (QED) is 0.306. The minimum Gasteiger partial charge on any atom is -0.380 e. The number of likely N-dealkylation sites (tertiary alicyclic amines) is 1. The highest BCUT2D eigenvalue weighted by Gasteiger charge is 2.40. The highest BCUT2D eigenvalue weighted by Crippen LogP contribution is 2.40. The number of nitrogens with zero attached hydrogens (tertiary/aromatic N) is 3. The molecule has 2 aromatic carbocycles. The third-order valence-electron chi connectivity index (χ3n) is 8.01. The van der Waals surface area contributed by atoms with Crippen LogP contribution in [0.25, 0.3) is 0 Å². The van der Waals surface area contributed by atoms with E-state index in [1.807, 2.05) is 6.07 Å². The van der Waals surface area contributed by atoms with Gasteiger partial charge >= 0.3 is 6.03 Å². The number of benzene rings is 2. The Labute approximate surface area is 248 Å². The summed E-state index contributed by atoms with van der Waals surface area (Å²) in [4.78, 5) is 32.1. The van der Waals surface area contributed by atoms with Crippen LogP contribution in [0.4, 0.5) is 20.7 Å². The third-order valence-corrected chi connectivity index (χ3v) is 8.24. The highest BCUT2D eigenvalue weighted by molar-refractivity contribution is 6.30. The molecule has 1 saturated heterocycles. The van der Waals surface area contributed by atoms with Crippen LogP contribution in [-0.4, -0.2) is 47.6 Å². The van der Waals surface area contributed by atoms with Crippen LogP contribution in [0, 0.1) is 23.1 Å². The lowest BCUT2D eigenvalue weighted by molar-refractivity contribution is -0.119. The number of nitriles is 1. The molecule has 9 nitrogen and oxygen atoms in total. The molecule has 4 N–H and O–H groups in total. The van der Waals surface area contributed by atoms with Gasteiger partial charge in [-0.15, -0.1) is 0 Å². The Kier molecular flexibility index (Phi) is 8.73. The molecule has 1 aliphatic heterocycles. The second kappa shape index (κ2) is 12.4. The summed E-state index contributed by atoms with van der Waals surface area (Å²) < 4.78 is 20.6. The van der Waals surface area contributed by atoms with Crippen molar-refractivity contribution in [1.29, 1.82) is 5.26 Å². The Hall–Kier alpha value is -4.04. The second-order valence-electron chi connectivity index (χ2n) is 10.9. The van der Waals surface area contributed by atoms with E-state index in [0.717, 1.165) is 24.8 Å². The summed E-state index contributed by atoms with van der Waals surface area (Å²) in [5.41, 5.74) is 7.83. The van der Waals surface area contributed by atoms with E-state index in [1.165, 1.54) is 24.3 Å². The Morgan fingerprint density at radius 3 is 2.67 bits per heavy atom. The van der Waals surface area contributed by atoms with Gasteiger partial charge in [-0.2, -0.15) is 5.26 Å². The summed E-state index contributed by atoms with van der Waals surface area (Å²) in [6.45, 7) is 0.166. The monoisotopic (exact) mass is 590 g/mol. The number of rotatable bonds is 9. The number of ether oxygens (including phenoxy) is 1. The molecule has 1 saturated carbocycles. The molecular formula is C31H32ClFN6O3. The van der Waals surface area contributed by atoms with Crippen LogP contribution in [0.1, 0.15) is 48.8 Å². The summed E-state index contributed by atoms with van der Waals surface area (Å²) >= 11 is 5.88. The Morgan fingerprint density at radius 1 is 1.19 bits per heavy atom. The zero-order chi connectivity index (χ0) is 29.9. The smallest absolute Gasteiger partial charge is 0.323 e. The van der Waals surface area contributed by atoms with E-state index < -0.39 is 29.3 Å². The molecule has 0 bridgehead atoms. The predicted molar refractivity (Wildman–Crippen MR) is 157 cm³/mol. The topological polar surface area (TPSA) is 133 Å². The Morgan fingerprint density at radius 2 is 1.98 bits per heavy atom. The van der Waals surface area contributed by atoms with E-state index in [2.05, 4.69) is 21.7 Å². The van der Waals surface area contributed by atoms with Crippen LogP contribution < -0.4 is 16.4 Å². The maximum atomic E-state index is 15.1. The van der Waals surface area contributed by atoms with Gasteiger partial charge in [-0.25, -0.2) is 14.2 Å². The lowest BCUT2D eigenvalue weighted by Crippen LogP contribution is -2.45. The predicted octanol–water partition coefficient (Wildman–Crippen LogP) is 5.40. The normalized spacial score (nSPS) is 19.5. The van der Waals surface area contributed by atoms with Gasteiger partial charge in [0.05, 0.1) is 34.0 Å². The van der Waals surface area contributed by atoms with Crippen LogP contribution in [0.5, 0.6) is 0 Å². The lowest BCUT2D eigenvalue weighted by atomic mass is 9.79. The first-order valence-electron chi connectivity index (χ1n) is 13.8. The van der Waals surface area contributed by atoms with Crippen molar-refractivity contribution in [2.75, 3.05) is 24.3 Å². The van der Waals surface area contributed by atoms with Crippen molar-refractivity contribution in [2.24, 2.45) is 11.7 Å². The van der Waals surface area contributed by atoms with Crippen molar-refractivity contribution in [2.45, 2.75) is 49.8 Å². The van der Waals surface area contributed by atoms with Gasteiger partial charge in [0, 0.05) is 26.3 Å². The van der Waals surface area contributed by atoms with E-state index in [1.54, 1.807) is 42.5 Å². The van der Waals surface area contributed by atoms with E-state index in [-0.39, 0.29) is 30.6 Å². The molecule has 5 rings (SSSR count). The Balaban J connectivity index is 1.39. The van der Waals surface area contributed by atoms with Gasteiger partial charge in [0.25, 0.3) is 0 Å². The van der Waals surface area contributed by atoms with E-state index in [9.17, 15) is 14.9 Å². The Bertz CT molecular complexity index is 1510. The average Bonchev–Trinajstić information content (AvgIpc) is 3.73. The summed E-state index contributed by atoms with van der Waals surface area (Å²) in [6, 6.07) is 15.4. The molecule has 0 radical (unpaired) electrons. The van der Waals surface area contributed by atoms with Crippen LogP contribution in [0.2, 0.25) is 5.02 Å². The molecule has 0 spiro atoms. The number of hydrogen-bond acceptors (Lipinski definition) is 6. The zero-order valence-corrected chi connectivity index (χ0v) is 23.9. The number of anilines is 2. The van der Waals surface area contributed by atoms with Gasteiger partial charge in [-0.1, -0.05) is 42.6 Å². The highest BCUT2D eigenvalue weighted by atomic mass is 35.5. The molecule has 2 aliphatic rings. The maximum Gasteiger partial charge on any atom is 0.323 e. The number of urea groups is 1. The van der Waals surface area contributed by atoms with E-state index in [0.29, 0.717) is 28.5 Å². The van der Waals surface area contributed by atoms with Gasteiger partial charge < -0.3 is 20.7 Å². The molecule has 1 aromatic heterocycles. The largest absolute Gasteiger partial charge is 0.380 e. The van der Waals surface area contributed by atoms with Gasteiger partial charge in [0.2, 0.25) is 5.91 Å². The second-order valence-corrected chi connectivity index (χ2v) is 11.3. The molecular weight excluding hydrogens is 559 g/mol. The number of methoxy groups -OCH3 is 1. The average molecular weight is 591 g/mol. The molecule has 218 valence electrons. The number of hydrogen-bond donors (Lipinski definition) is 3. The molecule has 3 unspecified atom stereocenters. The van der Waals surface area contributed by atoms with Gasteiger partial charge in [0.1, 0.15) is 17.7 Å². The summed E-state index contributed by atoms with van der Waals surface area (Å²) in [6.07, 6.45) is 5.04. The molecule has 11 heteroatoms. The van der Waals surface area contributed by atoms with Gasteiger partial charge in [-0.05, 0) is 66.3 Å². The molecule has 3 aromatic rings. The number of amides is 3. The number of nitrogens with one attached hydrogen (secondary N) is 2. The summed E-state index contributed by atoms with van der Waals surface area (Å²) in [7, 11) is 1.51. The van der Waals surface area contributed by atoms with Gasteiger partial charge in [0.15, 0.2) is 0 Å². The molecule has 1 aliphatic carbocycles. The minimum absolute atomic E-state index is 0.0456. The lowest BCUT2D eigenvalue weighted by Gasteiger charge is -2.32. The fraction of sp³-hybridized carbons (Fsp3) is 0.355. The van der Waals surface area contributed by atoms with Crippen LogP contribution in [0.3, 0.4) is 0 Å². The number of nitrogens with two attached hydrogens (primary N) is 1. The molecule has 3 atom stereocenters. The number of carbonyl (C=O) groups is 2. The fourth-order valence-corrected chi connectivity index (χ4v) is 5.46. The minimum atomic E-state index is -1.01. The van der Waals surface area contributed by atoms with Crippen molar-refractivity contribution >= 4 is 35.0 Å². The first-order chi connectivity index (χ1) is 20.2. The van der Waals surface area contributed by atoms with Crippen molar-refractivity contribution in [3.8, 4) is 6.07 Å².